The molecule has 1 atom stereocenters. The highest BCUT2D eigenvalue weighted by Gasteiger charge is 2.21. The minimum absolute atomic E-state index is 0.619. The number of rotatable bonds is 4. The summed E-state index contributed by atoms with van der Waals surface area (Å²) in [6.07, 6.45) is 1.18. The summed E-state index contributed by atoms with van der Waals surface area (Å²) in [5, 5.41) is 0. The lowest BCUT2D eigenvalue weighted by molar-refractivity contribution is 0.482. The lowest BCUT2D eigenvalue weighted by atomic mass is 10.1. The molecule has 2 aromatic rings. The van der Waals surface area contributed by atoms with E-state index in [0.717, 1.165) is 31.1 Å². The highest BCUT2D eigenvalue weighted by Crippen LogP contribution is 2.28. The van der Waals surface area contributed by atoms with Crippen LogP contribution in [0.2, 0.25) is 0 Å². The highest BCUT2D eigenvalue weighted by molar-refractivity contribution is 5.52. The van der Waals surface area contributed by atoms with Gasteiger partial charge in [0.05, 0.1) is 0 Å². The Morgan fingerprint density at radius 1 is 1.05 bits per heavy atom. The Morgan fingerprint density at radius 3 is 2.60 bits per heavy atom. The summed E-state index contributed by atoms with van der Waals surface area (Å²) in [6.45, 7) is 2.90. The summed E-state index contributed by atoms with van der Waals surface area (Å²) in [4.78, 5) is 2.38. The van der Waals surface area contributed by atoms with Crippen LogP contribution >= 0.6 is 0 Å². The van der Waals surface area contributed by atoms with Crippen LogP contribution in [-0.4, -0.2) is 19.6 Å². The summed E-state index contributed by atoms with van der Waals surface area (Å²) < 4.78 is 5.88. The Bertz CT molecular complexity index is 556. The van der Waals surface area contributed by atoms with E-state index in [9.17, 15) is 0 Å². The fourth-order valence-electron chi connectivity index (χ4n) is 2.63. The fourth-order valence-corrected chi connectivity index (χ4v) is 2.63. The van der Waals surface area contributed by atoms with Gasteiger partial charge in [0.1, 0.15) is 11.5 Å². The van der Waals surface area contributed by atoms with Crippen molar-refractivity contribution in [3.05, 3.63) is 54.6 Å². The molecule has 2 aromatic carbocycles. The topological polar surface area (TPSA) is 38.5 Å². The first kappa shape index (κ1) is 13.0. The molecule has 1 aliphatic heterocycles. The molecule has 104 valence electrons. The van der Waals surface area contributed by atoms with Gasteiger partial charge in [0.2, 0.25) is 0 Å². The van der Waals surface area contributed by atoms with E-state index >= 15 is 0 Å². The van der Waals surface area contributed by atoms with Crippen LogP contribution in [0.15, 0.2) is 54.6 Å². The van der Waals surface area contributed by atoms with Gasteiger partial charge in [-0.15, -0.1) is 0 Å². The van der Waals surface area contributed by atoms with Crippen molar-refractivity contribution in [3.8, 4) is 11.5 Å². The molecule has 0 bridgehead atoms. The van der Waals surface area contributed by atoms with Crippen LogP contribution in [0, 0.1) is 5.92 Å². The second-order valence-corrected chi connectivity index (χ2v) is 5.25. The zero-order valence-corrected chi connectivity index (χ0v) is 11.5. The monoisotopic (exact) mass is 268 g/mol. The van der Waals surface area contributed by atoms with Crippen molar-refractivity contribution in [2.24, 2.45) is 11.7 Å². The number of nitrogens with two attached hydrogens (primary N) is 1. The molecule has 0 amide bonds. The van der Waals surface area contributed by atoms with E-state index in [2.05, 4.69) is 17.0 Å². The van der Waals surface area contributed by atoms with Crippen LogP contribution in [0.3, 0.4) is 0 Å². The van der Waals surface area contributed by atoms with Crippen molar-refractivity contribution >= 4 is 5.69 Å². The van der Waals surface area contributed by atoms with Gasteiger partial charge in [0.25, 0.3) is 0 Å². The molecule has 3 nitrogen and oxygen atoms in total. The van der Waals surface area contributed by atoms with E-state index in [0.29, 0.717) is 5.92 Å². The lowest BCUT2D eigenvalue weighted by Crippen LogP contribution is -2.22. The molecular formula is C17H20N2O. The summed E-state index contributed by atoms with van der Waals surface area (Å²) in [5.41, 5.74) is 6.97. The van der Waals surface area contributed by atoms with Crippen molar-refractivity contribution in [1.29, 1.82) is 0 Å². The average Bonchev–Trinajstić information content (AvgIpc) is 2.98. The molecule has 20 heavy (non-hydrogen) atoms. The summed E-state index contributed by atoms with van der Waals surface area (Å²) in [6, 6.07) is 18.1. The standard InChI is InChI=1S/C17H20N2O/c18-12-14-9-10-19(13-14)15-5-4-8-17(11-15)20-16-6-2-1-3-7-16/h1-8,11,14H,9-10,12-13,18H2. The molecule has 0 aliphatic carbocycles. The van der Waals surface area contributed by atoms with Gasteiger partial charge in [-0.25, -0.2) is 0 Å². The van der Waals surface area contributed by atoms with Crippen LogP contribution in [0.25, 0.3) is 0 Å². The third-order valence-corrected chi connectivity index (χ3v) is 3.78. The third-order valence-electron chi connectivity index (χ3n) is 3.78. The molecule has 0 spiro atoms. The number of nitrogens with zero attached hydrogens (tertiary/aromatic N) is 1. The van der Waals surface area contributed by atoms with Crippen LogP contribution in [0.4, 0.5) is 5.69 Å². The van der Waals surface area contributed by atoms with Crippen LogP contribution < -0.4 is 15.4 Å². The van der Waals surface area contributed by atoms with Crippen molar-refractivity contribution in [2.75, 3.05) is 24.5 Å². The van der Waals surface area contributed by atoms with Gasteiger partial charge in [-0.2, -0.15) is 0 Å². The lowest BCUT2D eigenvalue weighted by Gasteiger charge is -2.19. The van der Waals surface area contributed by atoms with Crippen molar-refractivity contribution in [3.63, 3.8) is 0 Å². The largest absolute Gasteiger partial charge is 0.457 e. The van der Waals surface area contributed by atoms with E-state index in [1.54, 1.807) is 0 Å². The molecule has 1 fully saturated rings. The molecule has 1 saturated heterocycles. The first-order chi connectivity index (χ1) is 9.85. The Hall–Kier alpha value is -2.00. The minimum Gasteiger partial charge on any atom is -0.457 e. The van der Waals surface area contributed by atoms with Crippen molar-refractivity contribution in [2.45, 2.75) is 6.42 Å². The smallest absolute Gasteiger partial charge is 0.129 e. The van der Waals surface area contributed by atoms with Gasteiger partial charge in [-0.3, -0.25) is 0 Å². The highest BCUT2D eigenvalue weighted by atomic mass is 16.5. The maximum atomic E-state index is 5.88. The van der Waals surface area contributed by atoms with Gasteiger partial charge >= 0.3 is 0 Å². The Morgan fingerprint density at radius 2 is 1.85 bits per heavy atom. The number of para-hydroxylation sites is 1. The fraction of sp³-hybridized carbons (Fsp3) is 0.294. The minimum atomic E-state index is 0.619. The number of benzene rings is 2. The Labute approximate surface area is 120 Å². The SMILES string of the molecule is NCC1CCN(c2cccc(Oc3ccccc3)c2)C1. The predicted octanol–water partition coefficient (Wildman–Crippen LogP) is 3.26. The molecule has 1 heterocycles. The molecule has 3 heteroatoms. The second-order valence-electron chi connectivity index (χ2n) is 5.25. The van der Waals surface area contributed by atoms with Crippen molar-refractivity contribution < 1.29 is 4.74 Å². The molecule has 0 aromatic heterocycles. The van der Waals surface area contributed by atoms with E-state index in [4.69, 9.17) is 10.5 Å². The van der Waals surface area contributed by atoms with Crippen LogP contribution in [0.1, 0.15) is 6.42 Å². The number of hydrogen-bond donors (Lipinski definition) is 1. The molecule has 1 aliphatic rings. The summed E-state index contributed by atoms with van der Waals surface area (Å²) in [7, 11) is 0. The summed E-state index contributed by atoms with van der Waals surface area (Å²) in [5.74, 6) is 2.37. The van der Waals surface area contributed by atoms with Crippen LogP contribution in [-0.2, 0) is 0 Å². The molecular weight excluding hydrogens is 248 g/mol. The molecule has 1 unspecified atom stereocenters. The normalized spacial score (nSPS) is 18.2. The van der Waals surface area contributed by atoms with Gasteiger partial charge < -0.3 is 15.4 Å². The average molecular weight is 268 g/mol. The number of ether oxygens (including phenoxy) is 1. The molecule has 2 N–H and O–H groups in total. The van der Waals surface area contributed by atoms with Gasteiger partial charge in [0, 0.05) is 24.8 Å². The predicted molar refractivity (Wildman–Crippen MR) is 82.3 cm³/mol. The zero-order chi connectivity index (χ0) is 13.8. The first-order valence-corrected chi connectivity index (χ1v) is 7.13. The second kappa shape index (κ2) is 5.97. The van der Waals surface area contributed by atoms with Crippen molar-refractivity contribution in [1.82, 2.24) is 0 Å². The Balaban J connectivity index is 1.73. The molecule has 3 rings (SSSR count). The van der Waals surface area contributed by atoms with Gasteiger partial charge in [0.15, 0.2) is 0 Å². The summed E-state index contributed by atoms with van der Waals surface area (Å²) >= 11 is 0. The molecule has 0 radical (unpaired) electrons. The van der Waals surface area contributed by atoms with E-state index in [1.807, 2.05) is 42.5 Å². The van der Waals surface area contributed by atoms with E-state index in [1.165, 1.54) is 12.1 Å². The third kappa shape index (κ3) is 2.94. The Kier molecular flexibility index (Phi) is 3.88. The quantitative estimate of drug-likeness (QED) is 0.925. The van der Waals surface area contributed by atoms with E-state index in [-0.39, 0.29) is 0 Å². The maximum Gasteiger partial charge on any atom is 0.129 e. The molecule has 0 saturated carbocycles. The number of anilines is 1. The zero-order valence-electron chi connectivity index (χ0n) is 11.5. The van der Waals surface area contributed by atoms with Gasteiger partial charge in [-0.05, 0) is 43.1 Å². The van der Waals surface area contributed by atoms with E-state index < -0.39 is 0 Å². The van der Waals surface area contributed by atoms with Gasteiger partial charge in [-0.1, -0.05) is 24.3 Å². The van der Waals surface area contributed by atoms with Crippen LogP contribution in [0.5, 0.6) is 11.5 Å². The first-order valence-electron chi connectivity index (χ1n) is 7.13. The number of hydrogen-bond acceptors (Lipinski definition) is 3. The maximum absolute atomic E-state index is 5.88.